The number of carbonyl (C=O) groups excluding carboxylic acids is 1. The van der Waals surface area contributed by atoms with E-state index in [4.69, 9.17) is 9.84 Å². The van der Waals surface area contributed by atoms with Crippen LogP contribution in [-0.4, -0.2) is 46.5 Å². The van der Waals surface area contributed by atoms with Gasteiger partial charge in [-0.25, -0.2) is 4.79 Å². The van der Waals surface area contributed by atoms with Crippen molar-refractivity contribution in [3.8, 4) is 11.5 Å². The number of benzene rings is 1. The van der Waals surface area contributed by atoms with Crippen LogP contribution in [0.2, 0.25) is 0 Å². The second kappa shape index (κ2) is 7.34. The highest BCUT2D eigenvalue weighted by molar-refractivity contribution is 5.84. The lowest BCUT2D eigenvalue weighted by Gasteiger charge is -2.15. The molecule has 1 unspecified atom stereocenters. The van der Waals surface area contributed by atoms with Gasteiger partial charge in [-0.05, 0) is 24.6 Å². The van der Waals surface area contributed by atoms with Gasteiger partial charge in [0, 0.05) is 13.0 Å². The standard InChI is InChI=1S/C13H17NO6/c1-2-20-7-12(17)14-9(13(18)19)5-8-3-4-10(15)11(16)6-8/h3-4,6,9,15-16H,2,5,7H2,1H3,(H,14,17)(H,18,19). The molecule has 4 N–H and O–H groups in total. The van der Waals surface area contributed by atoms with E-state index in [1.54, 1.807) is 6.92 Å². The van der Waals surface area contributed by atoms with Gasteiger partial charge in [0.15, 0.2) is 11.5 Å². The highest BCUT2D eigenvalue weighted by Gasteiger charge is 2.20. The molecule has 0 aliphatic carbocycles. The highest BCUT2D eigenvalue weighted by Crippen LogP contribution is 2.25. The number of aromatic hydroxyl groups is 2. The van der Waals surface area contributed by atoms with Crippen molar-refractivity contribution in [2.45, 2.75) is 19.4 Å². The molecule has 0 saturated heterocycles. The molecule has 1 aromatic carbocycles. The molecule has 0 heterocycles. The number of carboxylic acids is 1. The number of phenolic OH excluding ortho intramolecular Hbond substituents is 2. The van der Waals surface area contributed by atoms with E-state index in [1.165, 1.54) is 18.2 Å². The van der Waals surface area contributed by atoms with Gasteiger partial charge in [0.05, 0.1) is 0 Å². The van der Waals surface area contributed by atoms with Crippen LogP contribution < -0.4 is 5.32 Å². The number of aliphatic carboxylic acids is 1. The summed E-state index contributed by atoms with van der Waals surface area (Å²) in [7, 11) is 0. The summed E-state index contributed by atoms with van der Waals surface area (Å²) in [4.78, 5) is 22.5. The van der Waals surface area contributed by atoms with Crippen LogP contribution in [0.3, 0.4) is 0 Å². The van der Waals surface area contributed by atoms with E-state index in [2.05, 4.69) is 5.32 Å². The molecular formula is C13H17NO6. The number of ether oxygens (including phenoxy) is 1. The molecule has 0 bridgehead atoms. The lowest BCUT2D eigenvalue weighted by atomic mass is 10.1. The monoisotopic (exact) mass is 283 g/mol. The molecule has 110 valence electrons. The Hall–Kier alpha value is -2.28. The molecule has 7 nitrogen and oxygen atoms in total. The number of carbonyl (C=O) groups is 2. The van der Waals surface area contributed by atoms with Crippen LogP contribution in [0.4, 0.5) is 0 Å². The van der Waals surface area contributed by atoms with Crippen molar-refractivity contribution >= 4 is 11.9 Å². The molecule has 1 aromatic rings. The smallest absolute Gasteiger partial charge is 0.326 e. The Balaban J connectivity index is 2.69. The molecule has 0 saturated carbocycles. The minimum absolute atomic E-state index is 0.0129. The number of nitrogens with one attached hydrogen (secondary N) is 1. The number of hydrogen-bond acceptors (Lipinski definition) is 5. The average molecular weight is 283 g/mol. The molecule has 1 rings (SSSR count). The van der Waals surface area contributed by atoms with Crippen LogP contribution in [0.25, 0.3) is 0 Å². The van der Waals surface area contributed by atoms with Gasteiger partial charge in [-0.15, -0.1) is 0 Å². The van der Waals surface area contributed by atoms with E-state index in [9.17, 15) is 19.8 Å². The number of carboxylic acid groups (broad SMARTS) is 1. The van der Waals surface area contributed by atoms with Crippen molar-refractivity contribution in [2.75, 3.05) is 13.2 Å². The van der Waals surface area contributed by atoms with Crippen LogP contribution in [-0.2, 0) is 20.7 Å². The third kappa shape index (κ3) is 4.77. The summed E-state index contributed by atoms with van der Waals surface area (Å²) in [5, 5.41) is 29.9. The number of phenols is 2. The summed E-state index contributed by atoms with van der Waals surface area (Å²) in [6.07, 6.45) is -0.0129. The first-order chi connectivity index (χ1) is 9.43. The maximum absolute atomic E-state index is 11.4. The third-order valence-electron chi connectivity index (χ3n) is 2.55. The maximum atomic E-state index is 11.4. The molecule has 0 spiro atoms. The van der Waals surface area contributed by atoms with Gasteiger partial charge >= 0.3 is 5.97 Å². The second-order valence-corrected chi connectivity index (χ2v) is 4.12. The van der Waals surface area contributed by atoms with Gasteiger partial charge in [-0.1, -0.05) is 6.07 Å². The van der Waals surface area contributed by atoms with Crippen LogP contribution in [0.5, 0.6) is 11.5 Å². The van der Waals surface area contributed by atoms with Gasteiger partial charge in [0.2, 0.25) is 5.91 Å². The van der Waals surface area contributed by atoms with E-state index < -0.39 is 17.9 Å². The first kappa shape index (κ1) is 15.8. The van der Waals surface area contributed by atoms with Crippen LogP contribution in [0, 0.1) is 0 Å². The van der Waals surface area contributed by atoms with Crippen LogP contribution >= 0.6 is 0 Å². The third-order valence-corrected chi connectivity index (χ3v) is 2.55. The van der Waals surface area contributed by atoms with Crippen molar-refractivity contribution < 1.29 is 29.6 Å². The lowest BCUT2D eigenvalue weighted by Crippen LogP contribution is -2.43. The van der Waals surface area contributed by atoms with Crippen molar-refractivity contribution in [1.29, 1.82) is 0 Å². The Morgan fingerprint density at radius 3 is 2.55 bits per heavy atom. The van der Waals surface area contributed by atoms with E-state index in [0.29, 0.717) is 12.2 Å². The van der Waals surface area contributed by atoms with Crippen LogP contribution in [0.1, 0.15) is 12.5 Å². The Labute approximate surface area is 115 Å². The number of rotatable bonds is 7. The van der Waals surface area contributed by atoms with Gasteiger partial charge < -0.3 is 25.4 Å². The molecule has 0 aliphatic rings. The number of hydrogen-bond donors (Lipinski definition) is 4. The molecule has 20 heavy (non-hydrogen) atoms. The molecule has 7 heteroatoms. The topological polar surface area (TPSA) is 116 Å². The fraction of sp³-hybridized carbons (Fsp3) is 0.385. The Kier molecular flexibility index (Phi) is 5.79. The first-order valence-electron chi connectivity index (χ1n) is 6.04. The zero-order chi connectivity index (χ0) is 15.1. The van der Waals surface area contributed by atoms with Crippen molar-refractivity contribution in [2.24, 2.45) is 0 Å². The quantitative estimate of drug-likeness (QED) is 0.533. The summed E-state index contributed by atoms with van der Waals surface area (Å²) < 4.78 is 4.88. The van der Waals surface area contributed by atoms with E-state index in [-0.39, 0.29) is 24.5 Å². The van der Waals surface area contributed by atoms with Crippen molar-refractivity contribution in [3.05, 3.63) is 23.8 Å². The number of amides is 1. The Morgan fingerprint density at radius 1 is 1.30 bits per heavy atom. The minimum Gasteiger partial charge on any atom is -0.504 e. The molecule has 0 aliphatic heterocycles. The average Bonchev–Trinajstić information content (AvgIpc) is 2.39. The van der Waals surface area contributed by atoms with Gasteiger partial charge in [0.25, 0.3) is 0 Å². The van der Waals surface area contributed by atoms with E-state index in [0.717, 1.165) is 0 Å². The summed E-state index contributed by atoms with van der Waals surface area (Å²) in [6.45, 7) is 1.87. The second-order valence-electron chi connectivity index (χ2n) is 4.12. The fourth-order valence-electron chi connectivity index (χ4n) is 1.56. The highest BCUT2D eigenvalue weighted by atomic mass is 16.5. The fourth-order valence-corrected chi connectivity index (χ4v) is 1.56. The van der Waals surface area contributed by atoms with E-state index >= 15 is 0 Å². The zero-order valence-corrected chi connectivity index (χ0v) is 11.0. The summed E-state index contributed by atoms with van der Waals surface area (Å²) in [5.74, 6) is -2.35. The zero-order valence-electron chi connectivity index (χ0n) is 11.0. The largest absolute Gasteiger partial charge is 0.504 e. The first-order valence-corrected chi connectivity index (χ1v) is 6.04. The molecule has 0 fully saturated rings. The van der Waals surface area contributed by atoms with Crippen molar-refractivity contribution in [1.82, 2.24) is 5.32 Å². The Bertz CT molecular complexity index is 488. The summed E-state index contributed by atoms with van der Waals surface area (Å²) in [6, 6.07) is 2.84. The molecule has 0 aromatic heterocycles. The van der Waals surface area contributed by atoms with Crippen molar-refractivity contribution in [3.63, 3.8) is 0 Å². The maximum Gasteiger partial charge on any atom is 0.326 e. The van der Waals surface area contributed by atoms with Gasteiger partial charge in [0.1, 0.15) is 12.6 Å². The lowest BCUT2D eigenvalue weighted by molar-refractivity contribution is -0.142. The predicted molar refractivity (Wildman–Crippen MR) is 69.5 cm³/mol. The molecule has 1 atom stereocenters. The normalized spacial score (nSPS) is 11.8. The van der Waals surface area contributed by atoms with Gasteiger partial charge in [-0.2, -0.15) is 0 Å². The summed E-state index contributed by atoms with van der Waals surface area (Å²) in [5.41, 5.74) is 0.476. The van der Waals surface area contributed by atoms with Gasteiger partial charge in [-0.3, -0.25) is 4.79 Å². The van der Waals surface area contributed by atoms with E-state index in [1.807, 2.05) is 0 Å². The Morgan fingerprint density at radius 2 is 2.00 bits per heavy atom. The molecule has 1 amide bonds. The van der Waals surface area contributed by atoms with Crippen LogP contribution in [0.15, 0.2) is 18.2 Å². The predicted octanol–water partition coefficient (Wildman–Crippen LogP) is 0.246. The molecular weight excluding hydrogens is 266 g/mol. The summed E-state index contributed by atoms with van der Waals surface area (Å²) >= 11 is 0. The molecule has 0 radical (unpaired) electrons. The SMILES string of the molecule is CCOCC(=O)NC(Cc1ccc(O)c(O)c1)C(=O)O. The minimum atomic E-state index is -1.19.